The number of hydrogen-bond acceptors (Lipinski definition) is 1. The molecule has 7 heteroatoms. The van der Waals surface area contributed by atoms with E-state index in [9.17, 15) is 17.4 Å². The maximum atomic E-state index is 13.5. The van der Waals surface area contributed by atoms with Crippen molar-refractivity contribution in [2.24, 2.45) is 0 Å². The summed E-state index contributed by atoms with van der Waals surface area (Å²) in [5.74, 6) is 0. The Bertz CT molecular complexity index is 771. The zero-order chi connectivity index (χ0) is 18.8. The minimum absolute atomic E-state index is 0.0132. The lowest BCUT2D eigenvalue weighted by Crippen LogP contribution is -2.37. The van der Waals surface area contributed by atoms with Gasteiger partial charge in [0.1, 0.15) is 0 Å². The van der Waals surface area contributed by atoms with Crippen molar-refractivity contribution < 1.29 is 17.4 Å². The normalized spacial score (nSPS) is 15.0. The fourth-order valence-corrected chi connectivity index (χ4v) is 3.36. The largest absolute Gasteiger partial charge is 0.416 e. The van der Waals surface area contributed by atoms with Crippen LogP contribution in [0.3, 0.4) is 0 Å². The van der Waals surface area contributed by atoms with E-state index in [0.29, 0.717) is 10.6 Å². The lowest BCUT2D eigenvalue weighted by atomic mass is 9.95. The molecule has 1 N–H and O–H groups in total. The molecule has 2 atom stereocenters. The average molecular weight is 390 g/mol. The minimum atomic E-state index is -4.53. The predicted octanol–water partition coefficient (Wildman–Crippen LogP) is 5.50. The summed E-state index contributed by atoms with van der Waals surface area (Å²) in [6, 6.07) is 10.9. The summed E-state index contributed by atoms with van der Waals surface area (Å²) in [7, 11) is -1.59. The summed E-state index contributed by atoms with van der Waals surface area (Å²) in [4.78, 5) is 0. The van der Waals surface area contributed by atoms with Crippen LogP contribution >= 0.6 is 11.6 Å². The Morgan fingerprint density at radius 1 is 0.960 bits per heavy atom. The van der Waals surface area contributed by atoms with Gasteiger partial charge in [0, 0.05) is 5.02 Å². The monoisotopic (exact) mass is 389 g/mol. The van der Waals surface area contributed by atoms with Gasteiger partial charge in [-0.05, 0) is 44.0 Å². The Hall–Kier alpha value is -1.37. The molecule has 0 amide bonds. The molecule has 0 aliphatic rings. The molecule has 0 heterocycles. The van der Waals surface area contributed by atoms with Crippen molar-refractivity contribution in [3.8, 4) is 0 Å². The van der Waals surface area contributed by atoms with E-state index in [2.05, 4.69) is 4.72 Å². The van der Waals surface area contributed by atoms with Gasteiger partial charge in [-0.25, -0.2) is 8.93 Å². The minimum Gasteiger partial charge on any atom is -0.242 e. The molecule has 0 aromatic heterocycles. The SMILES string of the molecule is CC(C)(C)[S@@](=O)N[C@@H](c1ccccc1Cl)c1ccccc1C(F)(F)F. The Kier molecular flexibility index (Phi) is 5.97. The van der Waals surface area contributed by atoms with E-state index in [1.165, 1.54) is 18.2 Å². The number of alkyl halides is 3. The van der Waals surface area contributed by atoms with Crippen LogP contribution in [0.2, 0.25) is 5.02 Å². The van der Waals surface area contributed by atoms with Gasteiger partial charge in [0.05, 0.1) is 27.3 Å². The van der Waals surface area contributed by atoms with Crippen LogP contribution in [0.4, 0.5) is 13.2 Å². The molecule has 2 aromatic carbocycles. The highest BCUT2D eigenvalue weighted by Gasteiger charge is 2.36. The van der Waals surface area contributed by atoms with Crippen LogP contribution in [0.5, 0.6) is 0 Å². The fourth-order valence-electron chi connectivity index (χ4n) is 2.29. The van der Waals surface area contributed by atoms with Gasteiger partial charge in [-0.1, -0.05) is 48.0 Å². The highest BCUT2D eigenvalue weighted by Crippen LogP contribution is 2.38. The molecule has 0 bridgehead atoms. The third-order valence-corrected chi connectivity index (χ3v) is 5.48. The quantitative estimate of drug-likeness (QED) is 0.735. The van der Waals surface area contributed by atoms with Gasteiger partial charge in [0.2, 0.25) is 0 Å². The fraction of sp³-hybridized carbons (Fsp3) is 0.333. The first-order valence-electron chi connectivity index (χ1n) is 7.60. The van der Waals surface area contributed by atoms with Crippen molar-refractivity contribution >= 4 is 22.6 Å². The van der Waals surface area contributed by atoms with E-state index in [4.69, 9.17) is 11.6 Å². The zero-order valence-corrected chi connectivity index (χ0v) is 15.6. The van der Waals surface area contributed by atoms with Gasteiger partial charge in [0.25, 0.3) is 0 Å². The first kappa shape index (κ1) is 19.9. The highest BCUT2D eigenvalue weighted by molar-refractivity contribution is 7.84. The number of benzene rings is 2. The average Bonchev–Trinajstić information content (AvgIpc) is 2.51. The molecular formula is C18H19ClF3NOS. The van der Waals surface area contributed by atoms with Crippen molar-refractivity contribution in [1.29, 1.82) is 0 Å². The summed E-state index contributed by atoms with van der Waals surface area (Å²) in [5, 5.41) is 0.308. The number of hydrogen-bond donors (Lipinski definition) is 1. The maximum absolute atomic E-state index is 13.5. The Balaban J connectivity index is 2.61. The predicted molar refractivity (Wildman–Crippen MR) is 95.8 cm³/mol. The van der Waals surface area contributed by atoms with Crippen molar-refractivity contribution in [1.82, 2.24) is 4.72 Å². The molecule has 25 heavy (non-hydrogen) atoms. The molecule has 0 radical (unpaired) electrons. The molecule has 0 unspecified atom stereocenters. The molecule has 0 aliphatic heterocycles. The van der Waals surface area contributed by atoms with E-state index < -0.39 is 33.5 Å². The van der Waals surface area contributed by atoms with Crippen molar-refractivity contribution in [2.45, 2.75) is 37.7 Å². The van der Waals surface area contributed by atoms with Gasteiger partial charge in [-0.2, -0.15) is 13.2 Å². The molecule has 2 rings (SSSR count). The molecule has 2 nitrogen and oxygen atoms in total. The van der Waals surface area contributed by atoms with Crippen molar-refractivity contribution in [3.63, 3.8) is 0 Å². The first-order chi connectivity index (χ1) is 11.5. The Morgan fingerprint density at radius 3 is 2.00 bits per heavy atom. The smallest absolute Gasteiger partial charge is 0.242 e. The highest BCUT2D eigenvalue weighted by atomic mass is 35.5. The van der Waals surface area contributed by atoms with E-state index in [-0.39, 0.29) is 5.56 Å². The van der Waals surface area contributed by atoms with Crippen LogP contribution in [-0.4, -0.2) is 8.96 Å². The first-order valence-corrected chi connectivity index (χ1v) is 9.13. The van der Waals surface area contributed by atoms with Crippen LogP contribution in [0.15, 0.2) is 48.5 Å². The Labute approximate surface area is 153 Å². The topological polar surface area (TPSA) is 29.1 Å². The summed E-state index contributed by atoms with van der Waals surface area (Å²) in [5.41, 5.74) is -0.350. The van der Waals surface area contributed by atoms with Crippen molar-refractivity contribution in [2.75, 3.05) is 0 Å². The van der Waals surface area contributed by atoms with Gasteiger partial charge in [-0.15, -0.1) is 0 Å². The Morgan fingerprint density at radius 2 is 1.48 bits per heavy atom. The standard InChI is InChI=1S/C18H19ClF3NOS/c1-17(2,3)25(24)23-16(13-9-5-7-11-15(13)19)12-8-4-6-10-14(12)18(20,21)22/h4-11,16,23H,1-3H3/t16-,25-/m1/s1. The van der Waals surface area contributed by atoms with Crippen LogP contribution in [0.25, 0.3) is 0 Å². The molecule has 136 valence electrons. The zero-order valence-electron chi connectivity index (χ0n) is 14.0. The van der Waals surface area contributed by atoms with Gasteiger partial charge in [0.15, 0.2) is 0 Å². The van der Waals surface area contributed by atoms with Crippen molar-refractivity contribution in [3.05, 3.63) is 70.2 Å². The lowest BCUT2D eigenvalue weighted by Gasteiger charge is -2.27. The van der Waals surface area contributed by atoms with E-state index in [1.54, 1.807) is 45.0 Å². The molecule has 0 saturated carbocycles. The molecule has 0 spiro atoms. The second-order valence-electron chi connectivity index (χ2n) is 6.54. The molecule has 0 fully saturated rings. The summed E-state index contributed by atoms with van der Waals surface area (Å²) in [6.45, 7) is 5.24. The van der Waals surface area contributed by atoms with E-state index in [1.807, 2.05) is 0 Å². The number of nitrogens with one attached hydrogen (secondary N) is 1. The second-order valence-corrected chi connectivity index (χ2v) is 8.94. The van der Waals surface area contributed by atoms with E-state index in [0.717, 1.165) is 6.07 Å². The number of rotatable bonds is 4. The van der Waals surface area contributed by atoms with Gasteiger partial charge >= 0.3 is 6.18 Å². The molecule has 0 aliphatic carbocycles. The van der Waals surface area contributed by atoms with Gasteiger partial charge in [-0.3, -0.25) is 0 Å². The summed E-state index contributed by atoms with van der Waals surface area (Å²) >= 11 is 6.21. The lowest BCUT2D eigenvalue weighted by molar-refractivity contribution is -0.138. The third kappa shape index (κ3) is 4.84. The molecule has 0 saturated heterocycles. The summed E-state index contributed by atoms with van der Waals surface area (Å²) < 4.78 is 55.1. The van der Waals surface area contributed by atoms with Crippen LogP contribution < -0.4 is 4.72 Å². The second kappa shape index (κ2) is 7.48. The van der Waals surface area contributed by atoms with Crippen LogP contribution in [0, 0.1) is 0 Å². The molecule has 2 aromatic rings. The maximum Gasteiger partial charge on any atom is 0.416 e. The van der Waals surface area contributed by atoms with Crippen LogP contribution in [0.1, 0.15) is 43.5 Å². The van der Waals surface area contributed by atoms with Crippen LogP contribution in [-0.2, 0) is 17.2 Å². The van der Waals surface area contributed by atoms with E-state index >= 15 is 0 Å². The third-order valence-electron chi connectivity index (χ3n) is 3.57. The summed E-state index contributed by atoms with van der Waals surface area (Å²) in [6.07, 6.45) is -4.53. The molecular weight excluding hydrogens is 371 g/mol. The number of halogens is 4. The van der Waals surface area contributed by atoms with Gasteiger partial charge < -0.3 is 0 Å².